The van der Waals surface area contributed by atoms with Crippen LogP contribution in [0.2, 0.25) is 0 Å². The molecule has 0 radical (unpaired) electrons. The minimum absolute atomic E-state index is 0.188. The molecule has 8 heteroatoms. The molecule has 0 saturated heterocycles. The van der Waals surface area contributed by atoms with Gasteiger partial charge in [0.25, 0.3) is 5.91 Å². The number of aromatic nitrogens is 3. The molecule has 0 spiro atoms. The molecule has 0 aliphatic heterocycles. The Kier molecular flexibility index (Phi) is 6.49. The first kappa shape index (κ1) is 24.9. The Labute approximate surface area is 229 Å². The summed E-state index contributed by atoms with van der Waals surface area (Å²) < 4.78 is 5.77. The first-order valence-corrected chi connectivity index (χ1v) is 12.8. The van der Waals surface area contributed by atoms with Crippen LogP contribution >= 0.6 is 0 Å². The number of carboxylic acids is 1. The van der Waals surface area contributed by atoms with Gasteiger partial charge in [-0.3, -0.25) is 14.8 Å². The number of hydrogen-bond acceptors (Lipinski definition) is 6. The molecule has 0 aliphatic rings. The van der Waals surface area contributed by atoms with Gasteiger partial charge >= 0.3 is 5.97 Å². The van der Waals surface area contributed by atoms with E-state index in [4.69, 9.17) is 4.52 Å². The highest BCUT2D eigenvalue weighted by atomic mass is 16.5. The highest BCUT2D eigenvalue weighted by Gasteiger charge is 2.22. The Hall–Kier alpha value is -5.37. The number of nitrogens with one attached hydrogen (secondary N) is 1. The van der Waals surface area contributed by atoms with Gasteiger partial charge in [-0.15, -0.1) is 0 Å². The molecule has 6 aromatic rings. The predicted octanol–water partition coefficient (Wildman–Crippen LogP) is 6.22. The summed E-state index contributed by atoms with van der Waals surface area (Å²) in [4.78, 5) is 33.7. The number of hydrogen-bond donors (Lipinski definition) is 2. The minimum Gasteiger partial charge on any atom is -0.478 e. The second-order valence-corrected chi connectivity index (χ2v) is 9.57. The van der Waals surface area contributed by atoms with Crippen molar-refractivity contribution in [1.82, 2.24) is 20.4 Å². The molecule has 0 aliphatic carbocycles. The number of aromatic carboxylic acids is 1. The Morgan fingerprint density at radius 3 is 2.38 bits per heavy atom. The average Bonchev–Trinajstić information content (AvgIpc) is 3.39. The number of benzene rings is 4. The van der Waals surface area contributed by atoms with Crippen molar-refractivity contribution in [1.29, 1.82) is 0 Å². The molecular weight excluding hydrogens is 504 g/mol. The third-order valence-corrected chi connectivity index (χ3v) is 6.91. The monoisotopic (exact) mass is 528 g/mol. The zero-order valence-electron chi connectivity index (χ0n) is 21.5. The number of amides is 1. The summed E-state index contributed by atoms with van der Waals surface area (Å²) in [5.74, 6) is -1.28. The zero-order valence-corrected chi connectivity index (χ0v) is 21.5. The second-order valence-electron chi connectivity index (χ2n) is 9.57. The molecule has 0 fully saturated rings. The first-order valence-electron chi connectivity index (χ1n) is 12.8. The summed E-state index contributed by atoms with van der Waals surface area (Å²) in [6.07, 6.45) is 3.75. The summed E-state index contributed by atoms with van der Waals surface area (Å²) in [6, 6.07) is 25.5. The summed E-state index contributed by atoms with van der Waals surface area (Å²) in [6.45, 7) is 1.86. The van der Waals surface area contributed by atoms with E-state index in [1.807, 2.05) is 67.6 Å². The van der Waals surface area contributed by atoms with Gasteiger partial charge in [-0.25, -0.2) is 4.79 Å². The SMILES string of the molecule is C[C@H](NC(=O)c1cc(-c2ccccc2)cc2onc(Cc3ccc4nccnc4c3)c12)c1ccc(C(=O)O)cc1. The molecule has 0 bridgehead atoms. The van der Waals surface area contributed by atoms with Crippen molar-refractivity contribution in [2.75, 3.05) is 0 Å². The molecule has 2 N–H and O–H groups in total. The quantitative estimate of drug-likeness (QED) is 0.253. The molecule has 196 valence electrons. The number of nitrogens with zero attached hydrogens (tertiary/aromatic N) is 3. The van der Waals surface area contributed by atoms with E-state index in [1.54, 1.807) is 24.5 Å². The summed E-state index contributed by atoms with van der Waals surface area (Å²) in [7, 11) is 0. The smallest absolute Gasteiger partial charge is 0.335 e. The largest absolute Gasteiger partial charge is 0.478 e. The summed E-state index contributed by atoms with van der Waals surface area (Å²) >= 11 is 0. The normalized spacial score (nSPS) is 11.9. The van der Waals surface area contributed by atoms with Crippen LogP contribution in [0.25, 0.3) is 33.1 Å². The van der Waals surface area contributed by atoms with Gasteiger partial charge in [0.2, 0.25) is 0 Å². The molecule has 2 heterocycles. The van der Waals surface area contributed by atoms with E-state index >= 15 is 0 Å². The Bertz CT molecular complexity index is 1860. The maximum absolute atomic E-state index is 13.8. The molecule has 40 heavy (non-hydrogen) atoms. The van der Waals surface area contributed by atoms with Gasteiger partial charge in [0.1, 0.15) is 0 Å². The van der Waals surface area contributed by atoms with Crippen LogP contribution in [0, 0.1) is 0 Å². The van der Waals surface area contributed by atoms with Gasteiger partial charge in [0, 0.05) is 18.8 Å². The van der Waals surface area contributed by atoms with Gasteiger partial charge < -0.3 is 14.9 Å². The highest BCUT2D eigenvalue weighted by molar-refractivity contribution is 6.08. The van der Waals surface area contributed by atoms with Crippen LogP contribution in [0.15, 0.2) is 102 Å². The van der Waals surface area contributed by atoms with Gasteiger partial charge in [-0.2, -0.15) is 0 Å². The van der Waals surface area contributed by atoms with E-state index < -0.39 is 5.97 Å². The number of fused-ring (bicyclic) bond motifs is 2. The molecule has 1 amide bonds. The summed E-state index contributed by atoms with van der Waals surface area (Å²) in [5, 5.41) is 17.3. The lowest BCUT2D eigenvalue weighted by Crippen LogP contribution is -2.27. The number of rotatable bonds is 7. The van der Waals surface area contributed by atoms with Gasteiger partial charge in [-0.05, 0) is 65.6 Å². The fraction of sp³-hybridized carbons (Fsp3) is 0.0938. The Morgan fingerprint density at radius 2 is 1.62 bits per heavy atom. The molecular formula is C32H24N4O4. The van der Waals surface area contributed by atoms with E-state index in [1.165, 1.54) is 12.1 Å². The van der Waals surface area contributed by atoms with Crippen LogP contribution < -0.4 is 5.32 Å². The van der Waals surface area contributed by atoms with Gasteiger partial charge in [0.05, 0.1) is 39.3 Å². The lowest BCUT2D eigenvalue weighted by atomic mass is 9.96. The molecule has 0 unspecified atom stereocenters. The van der Waals surface area contributed by atoms with Gasteiger partial charge in [-0.1, -0.05) is 53.7 Å². The standard InChI is InChI=1S/C32H24N4O4/c1-19(21-8-10-23(11-9-21)32(38)39)35-31(37)25-17-24(22-5-3-2-4-6-22)18-29-30(25)28(36-40-29)16-20-7-12-26-27(15-20)34-14-13-33-26/h2-15,17-19H,16H2,1H3,(H,35,37)(H,38,39)/t19-/m0/s1. The number of carboxylic acid groups (broad SMARTS) is 1. The van der Waals surface area contributed by atoms with Crippen molar-refractivity contribution in [2.45, 2.75) is 19.4 Å². The topological polar surface area (TPSA) is 118 Å². The Balaban J connectivity index is 1.39. The molecule has 6 rings (SSSR count). The van der Waals surface area contributed by atoms with Crippen LogP contribution in [0.1, 0.15) is 50.5 Å². The third-order valence-electron chi connectivity index (χ3n) is 6.91. The second kappa shape index (κ2) is 10.4. The van der Waals surface area contributed by atoms with Crippen molar-refractivity contribution in [3.8, 4) is 11.1 Å². The van der Waals surface area contributed by atoms with Crippen LogP contribution in [-0.2, 0) is 6.42 Å². The van der Waals surface area contributed by atoms with E-state index in [0.717, 1.165) is 33.3 Å². The van der Waals surface area contributed by atoms with E-state index in [-0.39, 0.29) is 17.5 Å². The molecule has 1 atom stereocenters. The van der Waals surface area contributed by atoms with Crippen molar-refractivity contribution in [3.63, 3.8) is 0 Å². The molecule has 4 aromatic carbocycles. The third kappa shape index (κ3) is 4.90. The van der Waals surface area contributed by atoms with Crippen molar-refractivity contribution >= 4 is 33.9 Å². The molecule has 2 aromatic heterocycles. The molecule has 8 nitrogen and oxygen atoms in total. The van der Waals surface area contributed by atoms with Crippen molar-refractivity contribution in [3.05, 3.63) is 125 Å². The Morgan fingerprint density at radius 1 is 0.875 bits per heavy atom. The van der Waals surface area contributed by atoms with Crippen molar-refractivity contribution < 1.29 is 19.2 Å². The van der Waals surface area contributed by atoms with Gasteiger partial charge in [0.15, 0.2) is 5.58 Å². The number of carbonyl (C=O) groups excluding carboxylic acids is 1. The van der Waals surface area contributed by atoms with E-state index in [2.05, 4.69) is 20.4 Å². The fourth-order valence-corrected chi connectivity index (χ4v) is 4.82. The van der Waals surface area contributed by atoms with Crippen molar-refractivity contribution in [2.24, 2.45) is 0 Å². The summed E-state index contributed by atoms with van der Waals surface area (Å²) in [5.41, 5.74) is 6.90. The zero-order chi connectivity index (χ0) is 27.6. The minimum atomic E-state index is -0.998. The van der Waals surface area contributed by atoms with Crippen LogP contribution in [0.3, 0.4) is 0 Å². The highest BCUT2D eigenvalue weighted by Crippen LogP contribution is 2.32. The van der Waals surface area contributed by atoms with Crippen LogP contribution in [-0.4, -0.2) is 32.1 Å². The number of carbonyl (C=O) groups is 2. The van der Waals surface area contributed by atoms with Crippen LogP contribution in [0.4, 0.5) is 0 Å². The van der Waals surface area contributed by atoms with Crippen LogP contribution in [0.5, 0.6) is 0 Å². The predicted molar refractivity (Wildman–Crippen MR) is 151 cm³/mol. The van der Waals surface area contributed by atoms with E-state index in [0.29, 0.717) is 28.6 Å². The maximum Gasteiger partial charge on any atom is 0.335 e. The molecule has 0 saturated carbocycles. The average molecular weight is 529 g/mol. The first-order chi connectivity index (χ1) is 19.5. The lowest BCUT2D eigenvalue weighted by Gasteiger charge is -2.16. The lowest BCUT2D eigenvalue weighted by molar-refractivity contribution is 0.0696. The van der Waals surface area contributed by atoms with E-state index in [9.17, 15) is 14.7 Å². The maximum atomic E-state index is 13.8. The fourth-order valence-electron chi connectivity index (χ4n) is 4.82.